The lowest BCUT2D eigenvalue weighted by atomic mass is 10.1. The summed E-state index contributed by atoms with van der Waals surface area (Å²) < 4.78 is 44.2. The van der Waals surface area contributed by atoms with E-state index in [4.69, 9.17) is 4.42 Å². The van der Waals surface area contributed by atoms with Crippen LogP contribution >= 0.6 is 11.8 Å². The van der Waals surface area contributed by atoms with Gasteiger partial charge in [0.15, 0.2) is 5.17 Å². The molecule has 0 unspecified atom stereocenters. The van der Waals surface area contributed by atoms with Crippen molar-refractivity contribution in [1.29, 1.82) is 0 Å². The van der Waals surface area contributed by atoms with E-state index in [9.17, 15) is 18.0 Å². The number of aliphatic imine (C=N–C) groups is 1. The minimum Gasteiger partial charge on any atom is -0.457 e. The Morgan fingerprint density at radius 1 is 1.15 bits per heavy atom. The molecule has 0 saturated carbocycles. The zero-order valence-electron chi connectivity index (χ0n) is 14.1. The standard InChI is InChI=1S/C19H15F3N2O2S/c20-19(21,22)13-5-3-4-12(10-13)15-7-6-14(26-15)11-16-17(25)23-18(27-16)24-8-1-2-9-24/h3-7,10-11H,1-2,8-9H2. The summed E-state index contributed by atoms with van der Waals surface area (Å²) in [6.45, 7) is 1.79. The first-order valence-corrected chi connectivity index (χ1v) is 9.27. The number of halogens is 3. The summed E-state index contributed by atoms with van der Waals surface area (Å²) >= 11 is 1.30. The number of amidine groups is 1. The highest BCUT2D eigenvalue weighted by atomic mass is 32.2. The van der Waals surface area contributed by atoms with Gasteiger partial charge in [0.2, 0.25) is 0 Å². The maximum atomic E-state index is 12.9. The maximum Gasteiger partial charge on any atom is 0.416 e. The van der Waals surface area contributed by atoms with Crippen LogP contribution in [0.2, 0.25) is 0 Å². The zero-order chi connectivity index (χ0) is 19.0. The number of amides is 1. The summed E-state index contributed by atoms with van der Waals surface area (Å²) in [7, 11) is 0. The van der Waals surface area contributed by atoms with E-state index < -0.39 is 11.7 Å². The summed E-state index contributed by atoms with van der Waals surface area (Å²) in [6.07, 6.45) is -0.656. The van der Waals surface area contributed by atoms with Crippen LogP contribution in [-0.2, 0) is 11.0 Å². The number of carbonyl (C=O) groups is 1. The maximum absolute atomic E-state index is 12.9. The molecular formula is C19H15F3N2O2S. The number of nitrogens with zero attached hydrogens (tertiary/aromatic N) is 2. The Labute approximate surface area is 157 Å². The van der Waals surface area contributed by atoms with Gasteiger partial charge in [0.1, 0.15) is 11.5 Å². The molecule has 140 valence electrons. The molecule has 1 amide bonds. The molecule has 0 aliphatic carbocycles. The highest BCUT2D eigenvalue weighted by Gasteiger charge is 2.31. The summed E-state index contributed by atoms with van der Waals surface area (Å²) in [5, 5.41) is 0.702. The third-order valence-electron chi connectivity index (χ3n) is 4.36. The highest BCUT2D eigenvalue weighted by molar-refractivity contribution is 8.18. The molecule has 0 spiro atoms. The molecule has 0 N–H and O–H groups in total. The van der Waals surface area contributed by atoms with Crippen LogP contribution in [0.1, 0.15) is 24.2 Å². The van der Waals surface area contributed by atoms with Crippen molar-refractivity contribution in [2.75, 3.05) is 13.1 Å². The Kier molecular flexibility index (Phi) is 4.59. The van der Waals surface area contributed by atoms with Gasteiger partial charge >= 0.3 is 6.18 Å². The van der Waals surface area contributed by atoms with Crippen molar-refractivity contribution in [1.82, 2.24) is 4.90 Å². The van der Waals surface area contributed by atoms with Crippen LogP contribution in [0.4, 0.5) is 13.2 Å². The molecule has 2 aliphatic rings. The van der Waals surface area contributed by atoms with Gasteiger partial charge < -0.3 is 9.32 Å². The van der Waals surface area contributed by atoms with Gasteiger partial charge in [0.05, 0.1) is 10.5 Å². The Morgan fingerprint density at radius 2 is 1.93 bits per heavy atom. The molecule has 27 heavy (non-hydrogen) atoms. The molecular weight excluding hydrogens is 377 g/mol. The summed E-state index contributed by atoms with van der Waals surface area (Å²) in [6, 6.07) is 8.17. The molecule has 4 nitrogen and oxygen atoms in total. The van der Waals surface area contributed by atoms with Crippen LogP contribution in [0, 0.1) is 0 Å². The lowest BCUT2D eigenvalue weighted by Gasteiger charge is -2.14. The highest BCUT2D eigenvalue weighted by Crippen LogP contribution is 2.34. The minimum atomic E-state index is -4.41. The van der Waals surface area contributed by atoms with E-state index in [2.05, 4.69) is 9.89 Å². The van der Waals surface area contributed by atoms with Gasteiger partial charge in [-0.1, -0.05) is 12.1 Å². The van der Waals surface area contributed by atoms with E-state index in [0.717, 1.165) is 38.1 Å². The number of hydrogen-bond donors (Lipinski definition) is 0. The Hall–Kier alpha value is -2.48. The number of furan rings is 1. The second-order valence-corrected chi connectivity index (χ2v) is 7.29. The predicted octanol–water partition coefficient (Wildman–Crippen LogP) is 5.03. The lowest BCUT2D eigenvalue weighted by molar-refractivity contribution is -0.137. The lowest BCUT2D eigenvalue weighted by Crippen LogP contribution is -2.23. The van der Waals surface area contributed by atoms with Gasteiger partial charge in [-0.25, -0.2) is 0 Å². The molecule has 4 rings (SSSR count). The normalized spacial score (nSPS) is 19.2. The van der Waals surface area contributed by atoms with Crippen LogP contribution in [0.25, 0.3) is 17.4 Å². The predicted molar refractivity (Wildman–Crippen MR) is 98.0 cm³/mol. The molecule has 2 aliphatic heterocycles. The van der Waals surface area contributed by atoms with Crippen molar-refractivity contribution >= 4 is 28.9 Å². The fraction of sp³-hybridized carbons (Fsp3) is 0.263. The van der Waals surface area contributed by atoms with Crippen molar-refractivity contribution in [3.05, 3.63) is 52.6 Å². The van der Waals surface area contributed by atoms with Gasteiger partial charge in [0, 0.05) is 24.7 Å². The van der Waals surface area contributed by atoms with Gasteiger partial charge in [-0.3, -0.25) is 4.79 Å². The Balaban J connectivity index is 1.54. The average molecular weight is 392 g/mol. The number of hydrogen-bond acceptors (Lipinski definition) is 4. The summed E-state index contributed by atoms with van der Waals surface area (Å²) in [5.74, 6) is 0.388. The molecule has 8 heteroatoms. The van der Waals surface area contributed by atoms with Crippen molar-refractivity contribution in [3.8, 4) is 11.3 Å². The Morgan fingerprint density at radius 3 is 2.67 bits per heavy atom. The molecule has 2 aromatic rings. The third kappa shape index (κ3) is 3.80. The molecule has 0 atom stereocenters. The largest absolute Gasteiger partial charge is 0.457 e. The molecule has 1 saturated heterocycles. The number of benzene rings is 1. The van der Waals surface area contributed by atoms with E-state index in [-0.39, 0.29) is 5.91 Å². The quantitative estimate of drug-likeness (QED) is 0.673. The topological polar surface area (TPSA) is 45.8 Å². The van der Waals surface area contributed by atoms with Crippen LogP contribution in [0.5, 0.6) is 0 Å². The molecule has 3 heterocycles. The molecule has 0 bridgehead atoms. The van der Waals surface area contributed by atoms with Gasteiger partial charge in [0.25, 0.3) is 5.91 Å². The van der Waals surface area contributed by atoms with Crippen molar-refractivity contribution in [2.45, 2.75) is 19.0 Å². The van der Waals surface area contributed by atoms with E-state index in [0.29, 0.717) is 27.2 Å². The van der Waals surface area contributed by atoms with Crippen LogP contribution in [0.15, 0.2) is 50.7 Å². The van der Waals surface area contributed by atoms with Crippen molar-refractivity contribution < 1.29 is 22.4 Å². The summed E-state index contributed by atoms with van der Waals surface area (Å²) in [4.78, 5) is 18.7. The third-order valence-corrected chi connectivity index (χ3v) is 5.40. The first-order valence-electron chi connectivity index (χ1n) is 8.45. The first kappa shape index (κ1) is 17.9. The fourth-order valence-corrected chi connectivity index (χ4v) is 3.95. The smallest absolute Gasteiger partial charge is 0.416 e. The fourth-order valence-electron chi connectivity index (χ4n) is 3.01. The molecule has 1 fully saturated rings. The Bertz CT molecular complexity index is 940. The van der Waals surface area contributed by atoms with Crippen LogP contribution in [0.3, 0.4) is 0 Å². The van der Waals surface area contributed by atoms with Gasteiger partial charge in [-0.2, -0.15) is 18.2 Å². The number of carbonyl (C=O) groups excluding carboxylic acids is 1. The monoisotopic (exact) mass is 392 g/mol. The SMILES string of the molecule is O=C1N=C(N2CCCC2)SC1=Cc1ccc(-c2cccc(C(F)(F)F)c2)o1. The number of alkyl halides is 3. The van der Waals surface area contributed by atoms with Crippen LogP contribution < -0.4 is 0 Å². The van der Waals surface area contributed by atoms with E-state index in [1.807, 2.05) is 0 Å². The molecule has 1 aromatic heterocycles. The summed E-state index contributed by atoms with van der Waals surface area (Å²) in [5.41, 5.74) is -0.407. The van der Waals surface area contributed by atoms with Gasteiger partial charge in [-0.05, 0) is 48.9 Å². The number of rotatable bonds is 2. The molecule has 1 aromatic carbocycles. The number of likely N-dealkylation sites (tertiary alicyclic amines) is 1. The van der Waals surface area contributed by atoms with Crippen LogP contribution in [-0.4, -0.2) is 29.1 Å². The van der Waals surface area contributed by atoms with Crippen molar-refractivity contribution in [2.24, 2.45) is 4.99 Å². The minimum absolute atomic E-state index is 0.309. The average Bonchev–Trinajstić information content (AvgIpc) is 3.37. The van der Waals surface area contributed by atoms with Gasteiger partial charge in [-0.15, -0.1) is 0 Å². The second-order valence-electron chi connectivity index (χ2n) is 6.28. The zero-order valence-corrected chi connectivity index (χ0v) is 14.9. The van der Waals surface area contributed by atoms with E-state index >= 15 is 0 Å². The van der Waals surface area contributed by atoms with Crippen molar-refractivity contribution in [3.63, 3.8) is 0 Å². The first-order chi connectivity index (χ1) is 12.9. The van der Waals surface area contributed by atoms with E-state index in [1.54, 1.807) is 24.3 Å². The number of thioether (sulfide) groups is 1. The van der Waals surface area contributed by atoms with E-state index in [1.165, 1.54) is 17.8 Å². The molecule has 0 radical (unpaired) electrons. The second kappa shape index (κ2) is 6.92.